The van der Waals surface area contributed by atoms with Gasteiger partial charge in [0.1, 0.15) is 5.75 Å². The van der Waals surface area contributed by atoms with E-state index in [2.05, 4.69) is 5.32 Å². The highest BCUT2D eigenvalue weighted by Gasteiger charge is 2.06. The zero-order chi connectivity index (χ0) is 15.8. The van der Waals surface area contributed by atoms with Gasteiger partial charge in [0.15, 0.2) is 0 Å². The Morgan fingerprint density at radius 3 is 2.59 bits per heavy atom. The van der Waals surface area contributed by atoms with E-state index < -0.39 is 0 Å². The van der Waals surface area contributed by atoms with Crippen molar-refractivity contribution >= 4 is 17.4 Å². The van der Waals surface area contributed by atoms with Crippen LogP contribution in [0, 0.1) is 0 Å². The van der Waals surface area contributed by atoms with Crippen molar-refractivity contribution in [3.8, 4) is 5.75 Å². The molecule has 0 saturated heterocycles. The van der Waals surface area contributed by atoms with Crippen molar-refractivity contribution in [3.05, 3.63) is 66.2 Å². The van der Waals surface area contributed by atoms with E-state index in [9.17, 15) is 4.79 Å². The summed E-state index contributed by atoms with van der Waals surface area (Å²) < 4.78 is 10.2. The second kappa shape index (κ2) is 7.88. The van der Waals surface area contributed by atoms with Crippen molar-refractivity contribution in [1.82, 2.24) is 0 Å². The molecule has 4 heteroatoms. The van der Waals surface area contributed by atoms with Crippen LogP contribution in [0.1, 0.15) is 12.5 Å². The number of hydrogen-bond acceptors (Lipinski definition) is 4. The number of rotatable bonds is 6. The molecule has 0 radical (unpaired) electrons. The minimum atomic E-state index is -0.378. The van der Waals surface area contributed by atoms with Gasteiger partial charge in [-0.25, -0.2) is 4.79 Å². The van der Waals surface area contributed by atoms with E-state index in [4.69, 9.17) is 9.47 Å². The number of nitrogens with one attached hydrogen (secondary N) is 1. The molecule has 0 amide bonds. The van der Waals surface area contributed by atoms with E-state index >= 15 is 0 Å². The average Bonchev–Trinajstić information content (AvgIpc) is 2.55. The molecule has 0 aliphatic carbocycles. The summed E-state index contributed by atoms with van der Waals surface area (Å²) in [5.41, 5.74) is 2.41. The second-order valence-electron chi connectivity index (χ2n) is 4.53. The van der Waals surface area contributed by atoms with Crippen LogP contribution in [0.2, 0.25) is 0 Å². The largest absolute Gasteiger partial charge is 0.497 e. The molecule has 0 aliphatic heterocycles. The number of methoxy groups -OCH3 is 1. The van der Waals surface area contributed by atoms with E-state index in [0.717, 1.165) is 17.0 Å². The summed E-state index contributed by atoms with van der Waals surface area (Å²) in [5.74, 6) is 0.366. The van der Waals surface area contributed by atoms with Gasteiger partial charge in [-0.05, 0) is 24.6 Å². The molecule has 0 aromatic heterocycles. The number of carbonyl (C=O) groups excluding carboxylic acids is 1. The number of anilines is 1. The quantitative estimate of drug-likeness (QED) is 0.652. The minimum absolute atomic E-state index is 0.344. The molecule has 0 aliphatic rings. The third-order valence-electron chi connectivity index (χ3n) is 2.98. The van der Waals surface area contributed by atoms with Gasteiger partial charge in [-0.1, -0.05) is 36.4 Å². The molecule has 0 saturated carbocycles. The number of hydrogen-bond donors (Lipinski definition) is 1. The highest BCUT2D eigenvalue weighted by molar-refractivity contribution is 5.94. The first-order chi connectivity index (χ1) is 10.7. The van der Waals surface area contributed by atoms with Crippen LogP contribution in [0.5, 0.6) is 5.75 Å². The zero-order valence-electron chi connectivity index (χ0n) is 12.7. The Labute approximate surface area is 130 Å². The summed E-state index contributed by atoms with van der Waals surface area (Å²) in [6.45, 7) is 2.12. The fourth-order valence-corrected chi connectivity index (χ4v) is 1.97. The maximum absolute atomic E-state index is 11.8. The van der Waals surface area contributed by atoms with Crippen molar-refractivity contribution in [3.63, 3.8) is 0 Å². The summed E-state index contributed by atoms with van der Waals surface area (Å²) in [5, 5.41) is 3.24. The first-order valence-corrected chi connectivity index (χ1v) is 7.08. The van der Waals surface area contributed by atoms with Gasteiger partial charge in [0, 0.05) is 17.8 Å². The predicted octanol–water partition coefficient (Wildman–Crippen LogP) is 3.71. The SMILES string of the molecule is CCOC(=O)/C=C(/Nc1cccc(OC)c1)c1ccccc1. The Morgan fingerprint density at radius 1 is 1.14 bits per heavy atom. The monoisotopic (exact) mass is 297 g/mol. The molecule has 1 N–H and O–H groups in total. The van der Waals surface area contributed by atoms with Crippen molar-refractivity contribution < 1.29 is 14.3 Å². The van der Waals surface area contributed by atoms with Gasteiger partial charge < -0.3 is 14.8 Å². The summed E-state index contributed by atoms with van der Waals surface area (Å²) >= 11 is 0. The van der Waals surface area contributed by atoms with Crippen LogP contribution in [0.3, 0.4) is 0 Å². The van der Waals surface area contributed by atoms with E-state index in [0.29, 0.717) is 12.3 Å². The fraction of sp³-hybridized carbons (Fsp3) is 0.167. The smallest absolute Gasteiger partial charge is 0.332 e. The van der Waals surface area contributed by atoms with Crippen molar-refractivity contribution in [2.45, 2.75) is 6.92 Å². The third kappa shape index (κ3) is 4.38. The molecule has 0 fully saturated rings. The summed E-state index contributed by atoms with van der Waals surface area (Å²) in [4.78, 5) is 11.8. The Balaban J connectivity index is 2.30. The maximum Gasteiger partial charge on any atom is 0.332 e. The number of carbonyl (C=O) groups is 1. The Kier molecular flexibility index (Phi) is 5.60. The summed E-state index contributed by atoms with van der Waals surface area (Å²) in [6.07, 6.45) is 1.46. The van der Waals surface area contributed by atoms with Gasteiger partial charge in [0.25, 0.3) is 0 Å². The third-order valence-corrected chi connectivity index (χ3v) is 2.98. The molecule has 0 atom stereocenters. The second-order valence-corrected chi connectivity index (χ2v) is 4.53. The van der Waals surface area contributed by atoms with Gasteiger partial charge in [-0.15, -0.1) is 0 Å². The molecular formula is C18H19NO3. The van der Waals surface area contributed by atoms with Crippen LogP contribution in [0.15, 0.2) is 60.7 Å². The van der Waals surface area contributed by atoms with E-state index in [1.807, 2.05) is 54.6 Å². The first-order valence-electron chi connectivity index (χ1n) is 7.08. The molecule has 114 valence electrons. The Bertz CT molecular complexity index is 650. The van der Waals surface area contributed by atoms with Gasteiger partial charge in [0.2, 0.25) is 0 Å². The van der Waals surface area contributed by atoms with Crippen LogP contribution < -0.4 is 10.1 Å². The van der Waals surface area contributed by atoms with Crippen LogP contribution in [-0.2, 0) is 9.53 Å². The maximum atomic E-state index is 11.8. The number of ether oxygens (including phenoxy) is 2. The lowest BCUT2D eigenvalue weighted by Crippen LogP contribution is -2.06. The molecule has 2 aromatic carbocycles. The first kappa shape index (κ1) is 15.6. The fourth-order valence-electron chi connectivity index (χ4n) is 1.97. The summed E-state index contributed by atoms with van der Waals surface area (Å²) in [6, 6.07) is 17.1. The van der Waals surface area contributed by atoms with E-state index in [1.165, 1.54) is 6.08 Å². The van der Waals surface area contributed by atoms with Gasteiger partial charge in [-0.2, -0.15) is 0 Å². The number of esters is 1. The van der Waals surface area contributed by atoms with Gasteiger partial charge >= 0.3 is 5.97 Å². The Hall–Kier alpha value is -2.75. The lowest BCUT2D eigenvalue weighted by Gasteiger charge is -2.12. The number of benzene rings is 2. The Morgan fingerprint density at radius 2 is 1.91 bits per heavy atom. The van der Waals surface area contributed by atoms with E-state index in [-0.39, 0.29) is 5.97 Å². The highest BCUT2D eigenvalue weighted by atomic mass is 16.5. The summed E-state index contributed by atoms with van der Waals surface area (Å²) in [7, 11) is 1.62. The van der Waals surface area contributed by atoms with Gasteiger partial charge in [0.05, 0.1) is 19.4 Å². The van der Waals surface area contributed by atoms with Crippen LogP contribution in [0.25, 0.3) is 5.70 Å². The van der Waals surface area contributed by atoms with Gasteiger partial charge in [-0.3, -0.25) is 0 Å². The molecule has 0 bridgehead atoms. The van der Waals surface area contributed by atoms with Crippen molar-refractivity contribution in [2.24, 2.45) is 0 Å². The molecular weight excluding hydrogens is 278 g/mol. The minimum Gasteiger partial charge on any atom is -0.497 e. The average molecular weight is 297 g/mol. The molecule has 0 unspecified atom stereocenters. The standard InChI is InChI=1S/C18H19NO3/c1-3-22-18(20)13-17(14-8-5-4-6-9-14)19-15-10-7-11-16(12-15)21-2/h4-13,19H,3H2,1-2H3/b17-13+. The topological polar surface area (TPSA) is 47.6 Å². The molecule has 2 aromatic rings. The zero-order valence-corrected chi connectivity index (χ0v) is 12.7. The van der Waals surface area contributed by atoms with Crippen molar-refractivity contribution in [1.29, 1.82) is 0 Å². The molecule has 0 heterocycles. The van der Waals surface area contributed by atoms with Crippen molar-refractivity contribution in [2.75, 3.05) is 19.0 Å². The highest BCUT2D eigenvalue weighted by Crippen LogP contribution is 2.22. The van der Waals surface area contributed by atoms with Crippen LogP contribution in [-0.4, -0.2) is 19.7 Å². The predicted molar refractivity (Wildman–Crippen MR) is 87.7 cm³/mol. The molecule has 4 nitrogen and oxygen atoms in total. The molecule has 0 spiro atoms. The van der Waals surface area contributed by atoms with E-state index in [1.54, 1.807) is 14.0 Å². The molecule has 22 heavy (non-hydrogen) atoms. The van der Waals surface area contributed by atoms with Crippen LogP contribution >= 0.6 is 0 Å². The van der Waals surface area contributed by atoms with Crippen LogP contribution in [0.4, 0.5) is 5.69 Å². The lowest BCUT2D eigenvalue weighted by atomic mass is 10.1. The molecule has 2 rings (SSSR count). The normalized spacial score (nSPS) is 10.9. The lowest BCUT2D eigenvalue weighted by molar-refractivity contribution is -0.137.